The summed E-state index contributed by atoms with van der Waals surface area (Å²) in [5, 5.41) is 17.4. The number of amides is 1. The van der Waals surface area contributed by atoms with Crippen LogP contribution in [0, 0.1) is 5.82 Å². The van der Waals surface area contributed by atoms with Gasteiger partial charge in [-0.05, 0) is 66.4 Å². The molecule has 0 spiro atoms. The standard InChI is InChI=1S/C36H38FN5O5/c37-28-18-26-33-35(32(28)38-7-11-40-9-3-4-10-40)47-31-20-25-24(23-6-2-1-5-22(23)17-30(25)43)19-29(31)42(33)21-27(34(26)44)36(45)39-8-12-41-13-15-46-16-14-41/h1-2,5-6,18-21,30,38,43H,3-4,7-17H2,(H,39,45). The zero-order chi connectivity index (χ0) is 32.1. The lowest BCUT2D eigenvalue weighted by Gasteiger charge is -2.30. The van der Waals surface area contributed by atoms with Gasteiger partial charge >= 0.3 is 0 Å². The Bertz CT molecular complexity index is 1930. The zero-order valence-corrected chi connectivity index (χ0v) is 26.2. The predicted octanol–water partition coefficient (Wildman–Crippen LogP) is 4.06. The molecule has 8 rings (SSSR count). The molecule has 1 aromatic heterocycles. The molecule has 1 aliphatic carbocycles. The molecular formula is C36H38FN5O5. The minimum atomic E-state index is -0.748. The number of pyridine rings is 1. The number of nitrogens with zero attached hydrogens (tertiary/aromatic N) is 3. The number of ether oxygens (including phenoxy) is 2. The van der Waals surface area contributed by atoms with Crippen LogP contribution < -0.4 is 20.8 Å². The molecule has 10 nitrogen and oxygen atoms in total. The largest absolute Gasteiger partial charge is 0.451 e. The summed E-state index contributed by atoms with van der Waals surface area (Å²) in [5.74, 6) is -0.546. The number of benzene rings is 3. The molecule has 3 aromatic carbocycles. The van der Waals surface area contributed by atoms with Gasteiger partial charge < -0.3 is 34.7 Å². The smallest absolute Gasteiger partial charge is 0.256 e. The molecule has 244 valence electrons. The van der Waals surface area contributed by atoms with E-state index in [0.717, 1.165) is 62.3 Å². The third kappa shape index (κ3) is 5.46. The molecule has 4 aliphatic rings. The molecular weight excluding hydrogens is 601 g/mol. The molecule has 11 heteroatoms. The first-order valence-corrected chi connectivity index (χ1v) is 16.5. The maximum atomic E-state index is 16.0. The number of hydrogen-bond donors (Lipinski definition) is 3. The number of carbonyl (C=O) groups is 1. The summed E-state index contributed by atoms with van der Waals surface area (Å²) in [6.45, 7) is 7.16. The van der Waals surface area contributed by atoms with E-state index in [2.05, 4.69) is 20.4 Å². The fourth-order valence-corrected chi connectivity index (χ4v) is 7.39. The number of carbonyl (C=O) groups excluding carboxylic acids is 1. The SMILES string of the molecule is O=C(NCCN1CCOCC1)c1cn2c3c(c(NCCN4CCCC4)c(F)cc3c1=O)Oc1cc3c(cc1-2)-c1ccccc1CC3O. The molecule has 0 saturated carbocycles. The van der Waals surface area contributed by atoms with Crippen LogP contribution in [0.2, 0.25) is 0 Å². The van der Waals surface area contributed by atoms with Crippen LogP contribution in [0.5, 0.6) is 11.5 Å². The maximum Gasteiger partial charge on any atom is 0.256 e. The van der Waals surface area contributed by atoms with Crippen LogP contribution in [-0.4, -0.2) is 91.0 Å². The van der Waals surface area contributed by atoms with Gasteiger partial charge in [0.2, 0.25) is 5.43 Å². The monoisotopic (exact) mass is 639 g/mol. The van der Waals surface area contributed by atoms with E-state index in [-0.39, 0.29) is 22.4 Å². The summed E-state index contributed by atoms with van der Waals surface area (Å²) in [4.78, 5) is 32.0. The lowest BCUT2D eigenvalue weighted by molar-refractivity contribution is 0.0383. The van der Waals surface area contributed by atoms with Gasteiger partial charge in [0.25, 0.3) is 5.91 Å². The van der Waals surface area contributed by atoms with E-state index in [1.807, 2.05) is 30.3 Å². The maximum absolute atomic E-state index is 16.0. The number of likely N-dealkylation sites (tertiary alicyclic amines) is 1. The van der Waals surface area contributed by atoms with Crippen molar-refractivity contribution in [2.45, 2.75) is 25.4 Å². The number of aliphatic hydroxyl groups is 1. The molecule has 1 amide bonds. The van der Waals surface area contributed by atoms with Gasteiger partial charge in [-0.1, -0.05) is 24.3 Å². The van der Waals surface area contributed by atoms with E-state index < -0.39 is 23.3 Å². The van der Waals surface area contributed by atoms with Crippen molar-refractivity contribution in [1.29, 1.82) is 0 Å². The molecule has 1 unspecified atom stereocenters. The molecule has 0 radical (unpaired) electrons. The van der Waals surface area contributed by atoms with Gasteiger partial charge in [-0.2, -0.15) is 0 Å². The van der Waals surface area contributed by atoms with Gasteiger partial charge in [0.15, 0.2) is 17.3 Å². The van der Waals surface area contributed by atoms with E-state index in [4.69, 9.17) is 9.47 Å². The van der Waals surface area contributed by atoms with Crippen molar-refractivity contribution in [2.75, 3.05) is 70.9 Å². The van der Waals surface area contributed by atoms with Crippen molar-refractivity contribution >= 4 is 22.5 Å². The predicted molar refractivity (Wildman–Crippen MR) is 177 cm³/mol. The Kier molecular flexibility index (Phi) is 7.92. The zero-order valence-electron chi connectivity index (χ0n) is 26.2. The fourth-order valence-electron chi connectivity index (χ4n) is 7.39. The first-order chi connectivity index (χ1) is 23.0. The molecule has 3 N–H and O–H groups in total. The molecule has 0 bridgehead atoms. The van der Waals surface area contributed by atoms with Gasteiger partial charge in [0.05, 0.1) is 30.4 Å². The normalized spacial score (nSPS) is 18.7. The van der Waals surface area contributed by atoms with Crippen molar-refractivity contribution in [3.63, 3.8) is 0 Å². The van der Waals surface area contributed by atoms with Crippen LogP contribution in [0.3, 0.4) is 0 Å². The van der Waals surface area contributed by atoms with E-state index >= 15 is 4.39 Å². The second-order valence-electron chi connectivity index (χ2n) is 12.8. The summed E-state index contributed by atoms with van der Waals surface area (Å²) in [5.41, 5.74) is 4.11. The second-order valence-corrected chi connectivity index (χ2v) is 12.8. The number of nitrogens with one attached hydrogen (secondary N) is 2. The Morgan fingerprint density at radius 3 is 2.57 bits per heavy atom. The van der Waals surface area contributed by atoms with Gasteiger partial charge in [-0.15, -0.1) is 0 Å². The van der Waals surface area contributed by atoms with E-state index in [1.165, 1.54) is 6.07 Å². The van der Waals surface area contributed by atoms with Crippen molar-refractivity contribution in [1.82, 2.24) is 19.7 Å². The molecule has 47 heavy (non-hydrogen) atoms. The summed E-state index contributed by atoms with van der Waals surface area (Å²) in [6, 6.07) is 12.9. The van der Waals surface area contributed by atoms with Crippen molar-refractivity contribution in [3.05, 3.63) is 81.4 Å². The number of anilines is 1. The number of morpholine rings is 1. The molecule has 4 aromatic rings. The average Bonchev–Trinajstić information content (AvgIpc) is 3.61. The summed E-state index contributed by atoms with van der Waals surface area (Å²) in [6.07, 6.45) is 3.58. The highest BCUT2D eigenvalue weighted by atomic mass is 19.1. The van der Waals surface area contributed by atoms with Crippen molar-refractivity contribution < 1.29 is 23.8 Å². The first-order valence-electron chi connectivity index (χ1n) is 16.5. The summed E-state index contributed by atoms with van der Waals surface area (Å²) in [7, 11) is 0. The Balaban J connectivity index is 1.23. The highest BCUT2D eigenvalue weighted by molar-refractivity contribution is 6.01. The number of rotatable bonds is 8. The number of fused-ring (bicyclic) bond motifs is 5. The van der Waals surface area contributed by atoms with Crippen LogP contribution in [0.25, 0.3) is 27.7 Å². The quantitative estimate of drug-likeness (QED) is 0.234. The Labute approximate surface area is 271 Å². The van der Waals surface area contributed by atoms with Crippen LogP contribution in [0.1, 0.15) is 40.4 Å². The Morgan fingerprint density at radius 2 is 1.74 bits per heavy atom. The minimum absolute atomic E-state index is 0.0622. The minimum Gasteiger partial charge on any atom is -0.451 e. The number of aliphatic hydroxyl groups excluding tert-OH is 1. The first kappa shape index (κ1) is 30.1. The van der Waals surface area contributed by atoms with Gasteiger partial charge in [0.1, 0.15) is 16.8 Å². The lowest BCUT2D eigenvalue weighted by atomic mass is 9.83. The second kappa shape index (κ2) is 12.4. The van der Waals surface area contributed by atoms with Crippen molar-refractivity contribution in [3.8, 4) is 28.3 Å². The van der Waals surface area contributed by atoms with Crippen LogP contribution in [-0.2, 0) is 11.2 Å². The molecule has 1 atom stereocenters. The van der Waals surface area contributed by atoms with Crippen LogP contribution in [0.15, 0.2) is 53.5 Å². The van der Waals surface area contributed by atoms with E-state index in [0.29, 0.717) is 61.8 Å². The number of halogens is 1. The Hall–Kier alpha value is -4.29. The molecule has 3 aliphatic heterocycles. The van der Waals surface area contributed by atoms with E-state index in [1.54, 1.807) is 16.8 Å². The third-order valence-corrected chi connectivity index (χ3v) is 9.87. The van der Waals surface area contributed by atoms with Crippen molar-refractivity contribution in [2.24, 2.45) is 0 Å². The summed E-state index contributed by atoms with van der Waals surface area (Å²) >= 11 is 0. The van der Waals surface area contributed by atoms with E-state index in [9.17, 15) is 14.7 Å². The van der Waals surface area contributed by atoms with Crippen LogP contribution in [0.4, 0.5) is 10.1 Å². The summed E-state index contributed by atoms with van der Waals surface area (Å²) < 4.78 is 29.6. The van der Waals surface area contributed by atoms with Gasteiger partial charge in [-0.25, -0.2) is 4.39 Å². The highest BCUT2D eigenvalue weighted by Crippen LogP contribution is 2.49. The number of hydrogen-bond acceptors (Lipinski definition) is 8. The lowest BCUT2D eigenvalue weighted by Crippen LogP contribution is -2.42. The third-order valence-electron chi connectivity index (χ3n) is 9.87. The van der Waals surface area contributed by atoms with Gasteiger partial charge in [0, 0.05) is 51.9 Å². The molecule has 2 fully saturated rings. The molecule has 2 saturated heterocycles. The fraction of sp³-hybridized carbons (Fsp3) is 0.389. The topological polar surface area (TPSA) is 108 Å². The highest BCUT2D eigenvalue weighted by Gasteiger charge is 2.32. The average molecular weight is 640 g/mol. The van der Waals surface area contributed by atoms with Gasteiger partial charge in [-0.3, -0.25) is 14.5 Å². The Morgan fingerprint density at radius 1 is 0.979 bits per heavy atom. The molecule has 4 heterocycles. The number of aromatic nitrogens is 1. The van der Waals surface area contributed by atoms with Crippen LogP contribution >= 0.6 is 0 Å².